The van der Waals surface area contributed by atoms with Gasteiger partial charge in [0, 0.05) is 16.6 Å². The van der Waals surface area contributed by atoms with E-state index in [4.69, 9.17) is 9.15 Å². The van der Waals surface area contributed by atoms with Crippen LogP contribution in [0, 0.1) is 0 Å². The minimum atomic E-state index is -0.283. The first-order chi connectivity index (χ1) is 14.7. The zero-order valence-electron chi connectivity index (χ0n) is 17.2. The van der Waals surface area contributed by atoms with E-state index in [1.807, 2.05) is 66.7 Å². The molecule has 152 valence electrons. The number of benzene rings is 3. The topological polar surface area (TPSA) is 51.5 Å². The predicted molar refractivity (Wildman–Crippen MR) is 120 cm³/mol. The highest BCUT2D eigenvalue weighted by atomic mass is 16.5. The number of carbonyl (C=O) groups is 1. The Morgan fingerprint density at radius 1 is 0.967 bits per heavy atom. The molecule has 0 unspecified atom stereocenters. The van der Waals surface area contributed by atoms with E-state index in [0.717, 1.165) is 28.8 Å². The molecule has 4 rings (SSSR count). The van der Waals surface area contributed by atoms with Crippen molar-refractivity contribution in [2.24, 2.45) is 0 Å². The van der Waals surface area contributed by atoms with Crippen molar-refractivity contribution in [3.05, 3.63) is 95.7 Å². The van der Waals surface area contributed by atoms with Gasteiger partial charge in [0.2, 0.25) is 0 Å². The first kappa shape index (κ1) is 19.8. The molecular weight excluding hydrogens is 374 g/mol. The van der Waals surface area contributed by atoms with Crippen LogP contribution in [-0.4, -0.2) is 5.91 Å². The van der Waals surface area contributed by atoms with Gasteiger partial charge in [0.25, 0.3) is 5.91 Å². The minimum absolute atomic E-state index is 0.247. The van der Waals surface area contributed by atoms with E-state index in [-0.39, 0.29) is 18.3 Å². The maximum Gasteiger partial charge on any atom is 0.291 e. The van der Waals surface area contributed by atoms with Gasteiger partial charge in [0.1, 0.15) is 17.9 Å². The van der Waals surface area contributed by atoms with Gasteiger partial charge >= 0.3 is 0 Å². The summed E-state index contributed by atoms with van der Waals surface area (Å²) in [5.41, 5.74) is 3.41. The van der Waals surface area contributed by atoms with Gasteiger partial charge in [0.15, 0.2) is 5.76 Å². The van der Waals surface area contributed by atoms with Crippen molar-refractivity contribution in [3.63, 3.8) is 0 Å². The van der Waals surface area contributed by atoms with E-state index in [9.17, 15) is 4.79 Å². The number of hydrogen-bond donors (Lipinski definition) is 1. The second-order valence-corrected chi connectivity index (χ2v) is 7.39. The lowest BCUT2D eigenvalue weighted by atomic mass is 9.99. The standard InChI is InChI=1S/C26H25NO3/c1-3-18(2)19-13-15-20(16-14-19)27-26(28)25-23(17-29-21-9-5-4-6-10-21)22-11-7-8-12-24(22)30-25/h4-16,18H,3,17H2,1-2H3,(H,27,28)/t18-/m0/s1. The van der Waals surface area contributed by atoms with Crippen LogP contribution in [0.3, 0.4) is 0 Å². The first-order valence-corrected chi connectivity index (χ1v) is 10.2. The van der Waals surface area contributed by atoms with Crippen molar-refractivity contribution in [1.29, 1.82) is 0 Å². The van der Waals surface area contributed by atoms with Crippen LogP contribution in [0.15, 0.2) is 83.3 Å². The third kappa shape index (κ3) is 4.23. The molecule has 3 aromatic carbocycles. The fourth-order valence-corrected chi connectivity index (χ4v) is 3.42. The summed E-state index contributed by atoms with van der Waals surface area (Å²) >= 11 is 0. The average molecular weight is 399 g/mol. The summed E-state index contributed by atoms with van der Waals surface area (Å²) in [6.07, 6.45) is 1.08. The van der Waals surface area contributed by atoms with E-state index in [0.29, 0.717) is 11.5 Å². The molecule has 0 spiro atoms. The largest absolute Gasteiger partial charge is 0.489 e. The Bertz CT molecular complexity index is 1130. The van der Waals surface area contributed by atoms with Crippen molar-refractivity contribution >= 4 is 22.6 Å². The van der Waals surface area contributed by atoms with Crippen LogP contribution in [0.2, 0.25) is 0 Å². The van der Waals surface area contributed by atoms with E-state index in [2.05, 4.69) is 31.3 Å². The van der Waals surface area contributed by atoms with Crippen molar-refractivity contribution in [2.75, 3.05) is 5.32 Å². The Balaban J connectivity index is 1.58. The number of rotatable bonds is 7. The lowest BCUT2D eigenvalue weighted by molar-refractivity contribution is 0.0995. The molecule has 0 radical (unpaired) electrons. The molecule has 1 N–H and O–H groups in total. The number of anilines is 1. The smallest absolute Gasteiger partial charge is 0.291 e. The summed E-state index contributed by atoms with van der Waals surface area (Å²) in [6.45, 7) is 4.61. The van der Waals surface area contributed by atoms with Gasteiger partial charge in [-0.25, -0.2) is 0 Å². The molecule has 0 saturated heterocycles. The zero-order chi connectivity index (χ0) is 20.9. The van der Waals surface area contributed by atoms with Crippen LogP contribution in [0.25, 0.3) is 11.0 Å². The number of carbonyl (C=O) groups excluding carboxylic acids is 1. The van der Waals surface area contributed by atoms with Gasteiger partial charge in [-0.1, -0.05) is 62.4 Å². The highest BCUT2D eigenvalue weighted by molar-refractivity contribution is 6.06. The lowest BCUT2D eigenvalue weighted by Crippen LogP contribution is -2.14. The number of para-hydroxylation sites is 2. The fraction of sp³-hybridized carbons (Fsp3) is 0.192. The predicted octanol–water partition coefficient (Wildman–Crippen LogP) is 6.78. The van der Waals surface area contributed by atoms with Crippen LogP contribution < -0.4 is 10.1 Å². The third-order valence-corrected chi connectivity index (χ3v) is 5.38. The number of hydrogen-bond acceptors (Lipinski definition) is 3. The molecule has 0 fully saturated rings. The molecule has 0 aliphatic rings. The van der Waals surface area contributed by atoms with Gasteiger partial charge in [-0.15, -0.1) is 0 Å². The molecule has 0 saturated carbocycles. The summed E-state index contributed by atoms with van der Waals surface area (Å²) < 4.78 is 11.8. The molecule has 1 atom stereocenters. The highest BCUT2D eigenvalue weighted by Crippen LogP contribution is 2.28. The Hall–Kier alpha value is -3.53. The quantitative estimate of drug-likeness (QED) is 0.373. The van der Waals surface area contributed by atoms with Crippen molar-refractivity contribution in [2.45, 2.75) is 32.8 Å². The summed E-state index contributed by atoms with van der Waals surface area (Å²) in [5.74, 6) is 1.23. The van der Waals surface area contributed by atoms with Crippen LogP contribution in [0.4, 0.5) is 5.69 Å². The third-order valence-electron chi connectivity index (χ3n) is 5.38. The maximum absolute atomic E-state index is 13.0. The van der Waals surface area contributed by atoms with Crippen molar-refractivity contribution in [1.82, 2.24) is 0 Å². The Morgan fingerprint density at radius 3 is 2.40 bits per heavy atom. The average Bonchev–Trinajstić information content (AvgIpc) is 3.17. The molecule has 30 heavy (non-hydrogen) atoms. The zero-order valence-corrected chi connectivity index (χ0v) is 17.2. The molecule has 4 nitrogen and oxygen atoms in total. The first-order valence-electron chi connectivity index (χ1n) is 10.2. The number of ether oxygens (including phenoxy) is 1. The van der Waals surface area contributed by atoms with Crippen LogP contribution >= 0.6 is 0 Å². The SMILES string of the molecule is CC[C@H](C)c1ccc(NC(=O)c2oc3ccccc3c2COc2ccccc2)cc1. The van der Waals surface area contributed by atoms with Crippen LogP contribution in [-0.2, 0) is 6.61 Å². The molecule has 0 aliphatic heterocycles. The number of fused-ring (bicyclic) bond motifs is 1. The van der Waals surface area contributed by atoms with Crippen LogP contribution in [0.5, 0.6) is 5.75 Å². The molecule has 1 heterocycles. The normalized spacial score (nSPS) is 11.9. The van der Waals surface area contributed by atoms with Crippen LogP contribution in [0.1, 0.15) is 47.9 Å². The van der Waals surface area contributed by atoms with Gasteiger partial charge in [0.05, 0.1) is 0 Å². The molecule has 1 aromatic heterocycles. The Morgan fingerprint density at radius 2 is 1.67 bits per heavy atom. The van der Waals surface area contributed by atoms with Gasteiger partial charge in [-0.2, -0.15) is 0 Å². The monoisotopic (exact) mass is 399 g/mol. The minimum Gasteiger partial charge on any atom is -0.489 e. The van der Waals surface area contributed by atoms with Gasteiger partial charge in [-0.3, -0.25) is 4.79 Å². The Kier molecular flexibility index (Phi) is 5.84. The highest BCUT2D eigenvalue weighted by Gasteiger charge is 2.21. The number of furan rings is 1. The summed E-state index contributed by atoms with van der Waals surface area (Å²) in [7, 11) is 0. The van der Waals surface area contributed by atoms with Gasteiger partial charge < -0.3 is 14.5 Å². The second-order valence-electron chi connectivity index (χ2n) is 7.39. The molecule has 0 aliphatic carbocycles. The second kappa shape index (κ2) is 8.87. The molecule has 0 bridgehead atoms. The lowest BCUT2D eigenvalue weighted by Gasteiger charge is -2.11. The summed E-state index contributed by atoms with van der Waals surface area (Å²) in [5, 5.41) is 3.83. The van der Waals surface area contributed by atoms with E-state index in [1.54, 1.807) is 0 Å². The molecular formula is C26H25NO3. The molecule has 4 aromatic rings. The van der Waals surface area contributed by atoms with Crippen molar-refractivity contribution < 1.29 is 13.9 Å². The molecule has 1 amide bonds. The summed E-state index contributed by atoms with van der Waals surface area (Å²) in [6, 6.07) is 25.2. The summed E-state index contributed by atoms with van der Waals surface area (Å²) in [4.78, 5) is 13.0. The number of nitrogens with one attached hydrogen (secondary N) is 1. The molecule has 4 heteroatoms. The maximum atomic E-state index is 13.0. The van der Waals surface area contributed by atoms with Crippen molar-refractivity contribution in [3.8, 4) is 5.75 Å². The Labute approximate surface area is 176 Å². The fourth-order valence-electron chi connectivity index (χ4n) is 3.42. The van der Waals surface area contributed by atoms with E-state index < -0.39 is 0 Å². The van der Waals surface area contributed by atoms with Gasteiger partial charge in [-0.05, 0) is 48.2 Å². The van der Waals surface area contributed by atoms with E-state index in [1.165, 1.54) is 5.56 Å². The number of amides is 1. The van der Waals surface area contributed by atoms with E-state index >= 15 is 0 Å².